The van der Waals surface area contributed by atoms with Crippen molar-refractivity contribution in [2.24, 2.45) is 28.2 Å². The van der Waals surface area contributed by atoms with Gasteiger partial charge in [0.2, 0.25) is 5.95 Å². The topological polar surface area (TPSA) is 59.3 Å². The fraction of sp³-hybridized carbons (Fsp3) is 0.750. The van der Waals surface area contributed by atoms with Crippen molar-refractivity contribution in [3.8, 4) is 0 Å². The summed E-state index contributed by atoms with van der Waals surface area (Å²) in [7, 11) is 1.83. The van der Waals surface area contributed by atoms with Crippen LogP contribution in [0.25, 0.3) is 0 Å². The van der Waals surface area contributed by atoms with Crippen molar-refractivity contribution in [3.05, 3.63) is 15.9 Å². The largest absolute Gasteiger partial charge is 0.359 e. The number of anilines is 1. The van der Waals surface area contributed by atoms with Crippen molar-refractivity contribution in [3.63, 3.8) is 0 Å². The number of aliphatic imine (C=N–C) groups is 1. The Morgan fingerprint density at radius 1 is 1.16 bits per heavy atom. The van der Waals surface area contributed by atoms with E-state index >= 15 is 0 Å². The molecule has 4 saturated carbocycles. The number of aromatic nitrogens is 2. The molecule has 4 aliphatic carbocycles. The monoisotopic (exact) mass is 340 g/mol. The first-order chi connectivity index (χ1) is 12.1. The Morgan fingerprint density at radius 2 is 1.80 bits per heavy atom. The first-order valence-corrected chi connectivity index (χ1v) is 10.0. The average molecular weight is 340 g/mol. The third-order valence-corrected chi connectivity index (χ3v) is 7.15. The molecule has 0 spiro atoms. The summed E-state index contributed by atoms with van der Waals surface area (Å²) in [4.78, 5) is 22.7. The maximum absolute atomic E-state index is 13.0. The van der Waals surface area contributed by atoms with Crippen molar-refractivity contribution in [1.29, 1.82) is 0 Å². The van der Waals surface area contributed by atoms with Gasteiger partial charge in [-0.15, -0.1) is 0 Å². The van der Waals surface area contributed by atoms with E-state index in [0.717, 1.165) is 36.2 Å². The molecule has 0 saturated heterocycles. The lowest BCUT2D eigenvalue weighted by atomic mass is 9.48. The zero-order valence-electron chi connectivity index (χ0n) is 15.3. The zero-order valence-corrected chi connectivity index (χ0v) is 15.3. The third-order valence-electron chi connectivity index (χ3n) is 7.15. The molecule has 0 radical (unpaired) electrons. The number of fused-ring (bicyclic) bond motifs is 1. The lowest BCUT2D eigenvalue weighted by Crippen LogP contribution is -2.50. The van der Waals surface area contributed by atoms with Crippen LogP contribution in [-0.4, -0.2) is 22.3 Å². The molecular formula is C20H28N4O. The second kappa shape index (κ2) is 5.42. The molecule has 134 valence electrons. The summed E-state index contributed by atoms with van der Waals surface area (Å²) in [6, 6.07) is 0. The standard InChI is InChI=1S/C20H28N4O/c1-3-4-24-18(25)15-8-16(22-17(15)23-19(24)21-2)20-9-12-5-13(10-20)7-14(6-12)11-20/h12-14H,3-11H2,1-2H3,(H,21,23). The van der Waals surface area contributed by atoms with Crippen molar-refractivity contribution in [2.45, 2.75) is 64.8 Å². The smallest absolute Gasteiger partial charge is 0.260 e. The van der Waals surface area contributed by atoms with Crippen LogP contribution >= 0.6 is 0 Å². The molecular weight excluding hydrogens is 312 g/mol. The van der Waals surface area contributed by atoms with E-state index in [1.807, 2.05) is 7.05 Å². The van der Waals surface area contributed by atoms with E-state index in [9.17, 15) is 4.79 Å². The van der Waals surface area contributed by atoms with Crippen LogP contribution in [0.3, 0.4) is 0 Å². The van der Waals surface area contributed by atoms with E-state index in [1.54, 1.807) is 4.57 Å². The van der Waals surface area contributed by atoms with Crippen LogP contribution in [0.15, 0.2) is 9.79 Å². The number of hydrogen-bond donors (Lipinski definition) is 1. The molecule has 25 heavy (non-hydrogen) atoms. The summed E-state index contributed by atoms with van der Waals surface area (Å²) in [5.74, 6) is 4.04. The van der Waals surface area contributed by atoms with Gasteiger partial charge in [-0.1, -0.05) is 6.92 Å². The molecule has 1 aromatic heterocycles. The van der Waals surface area contributed by atoms with Gasteiger partial charge in [-0.05, 0) is 62.7 Å². The lowest BCUT2D eigenvalue weighted by Gasteiger charge is -2.56. The van der Waals surface area contributed by atoms with Crippen LogP contribution in [0.4, 0.5) is 11.8 Å². The van der Waals surface area contributed by atoms with E-state index in [2.05, 4.69) is 12.2 Å². The second-order valence-electron chi connectivity index (χ2n) is 8.88. The maximum Gasteiger partial charge on any atom is 0.260 e. The fourth-order valence-electron chi connectivity index (χ4n) is 6.56. The maximum atomic E-state index is 13.0. The molecule has 4 bridgehead atoms. The van der Waals surface area contributed by atoms with Crippen molar-refractivity contribution in [1.82, 2.24) is 9.55 Å². The highest BCUT2D eigenvalue weighted by Crippen LogP contribution is 2.61. The van der Waals surface area contributed by atoms with Gasteiger partial charge in [-0.25, -0.2) is 4.99 Å². The Labute approximate surface area is 149 Å². The SMILES string of the molecule is CCCn1c(NC)nc2c(c1=O)CC(C13CC4CC(CC(C4)C1)C3)=N2. The fourth-order valence-corrected chi connectivity index (χ4v) is 6.56. The predicted octanol–water partition coefficient (Wildman–Crippen LogP) is 3.54. The van der Waals surface area contributed by atoms with Crippen LogP contribution in [0.5, 0.6) is 0 Å². The molecule has 2 heterocycles. The van der Waals surface area contributed by atoms with Crippen LogP contribution in [0, 0.1) is 23.2 Å². The average Bonchev–Trinajstić information content (AvgIpc) is 3.01. The molecule has 5 nitrogen and oxygen atoms in total. The third kappa shape index (κ3) is 2.24. The van der Waals surface area contributed by atoms with Gasteiger partial charge in [0.1, 0.15) is 0 Å². The first kappa shape index (κ1) is 15.6. The van der Waals surface area contributed by atoms with Crippen molar-refractivity contribution >= 4 is 17.5 Å². The summed E-state index contributed by atoms with van der Waals surface area (Å²) >= 11 is 0. The van der Waals surface area contributed by atoms with Gasteiger partial charge in [0.15, 0.2) is 5.82 Å². The second-order valence-corrected chi connectivity index (χ2v) is 8.88. The summed E-state index contributed by atoms with van der Waals surface area (Å²) in [5, 5.41) is 3.08. The van der Waals surface area contributed by atoms with E-state index < -0.39 is 0 Å². The minimum absolute atomic E-state index is 0.111. The van der Waals surface area contributed by atoms with Gasteiger partial charge in [-0.3, -0.25) is 9.36 Å². The van der Waals surface area contributed by atoms with Gasteiger partial charge in [0.05, 0.1) is 5.56 Å². The summed E-state index contributed by atoms with van der Waals surface area (Å²) in [6.07, 6.45) is 9.87. The predicted molar refractivity (Wildman–Crippen MR) is 99.7 cm³/mol. The van der Waals surface area contributed by atoms with Gasteiger partial charge in [-0.2, -0.15) is 4.98 Å². The molecule has 1 aromatic rings. The number of rotatable bonds is 4. The molecule has 0 aromatic carbocycles. The number of nitrogens with zero attached hydrogens (tertiary/aromatic N) is 3. The summed E-state index contributed by atoms with van der Waals surface area (Å²) in [6.45, 7) is 2.80. The number of hydrogen-bond acceptors (Lipinski definition) is 4. The minimum Gasteiger partial charge on any atom is -0.359 e. The van der Waals surface area contributed by atoms with Crippen molar-refractivity contribution < 1.29 is 0 Å². The molecule has 0 unspecified atom stereocenters. The molecule has 0 amide bonds. The molecule has 5 heteroatoms. The Kier molecular flexibility index (Phi) is 3.38. The highest BCUT2D eigenvalue weighted by molar-refractivity contribution is 5.98. The molecule has 6 rings (SSSR count). The van der Waals surface area contributed by atoms with Gasteiger partial charge in [0, 0.05) is 31.1 Å². The van der Waals surface area contributed by atoms with E-state index in [-0.39, 0.29) is 11.0 Å². The van der Waals surface area contributed by atoms with Gasteiger partial charge < -0.3 is 5.32 Å². The molecule has 0 atom stereocenters. The van der Waals surface area contributed by atoms with E-state index in [4.69, 9.17) is 9.98 Å². The molecule has 4 fully saturated rings. The molecule has 1 aliphatic heterocycles. The lowest BCUT2D eigenvalue weighted by molar-refractivity contribution is -0.0129. The molecule has 1 N–H and O–H groups in total. The highest BCUT2D eigenvalue weighted by atomic mass is 16.1. The van der Waals surface area contributed by atoms with Gasteiger partial charge >= 0.3 is 0 Å². The minimum atomic E-state index is 0.111. The van der Waals surface area contributed by atoms with Crippen LogP contribution < -0.4 is 10.9 Å². The Morgan fingerprint density at radius 3 is 2.36 bits per heavy atom. The Bertz CT molecular complexity index is 771. The number of nitrogens with one attached hydrogen (secondary N) is 1. The first-order valence-electron chi connectivity index (χ1n) is 10.0. The Hall–Kier alpha value is -1.65. The molecule has 5 aliphatic rings. The van der Waals surface area contributed by atoms with Gasteiger partial charge in [0.25, 0.3) is 5.56 Å². The van der Waals surface area contributed by atoms with E-state index in [1.165, 1.54) is 44.2 Å². The van der Waals surface area contributed by atoms with Crippen LogP contribution in [0.2, 0.25) is 0 Å². The van der Waals surface area contributed by atoms with Crippen LogP contribution in [0.1, 0.15) is 57.4 Å². The highest BCUT2D eigenvalue weighted by Gasteiger charge is 2.54. The van der Waals surface area contributed by atoms with E-state index in [0.29, 0.717) is 18.3 Å². The van der Waals surface area contributed by atoms with Crippen LogP contribution in [-0.2, 0) is 13.0 Å². The quantitative estimate of drug-likeness (QED) is 0.912. The van der Waals surface area contributed by atoms with Crippen molar-refractivity contribution in [2.75, 3.05) is 12.4 Å². The summed E-state index contributed by atoms with van der Waals surface area (Å²) < 4.78 is 1.79. The summed E-state index contributed by atoms with van der Waals surface area (Å²) in [5.41, 5.74) is 2.50. The normalized spacial score (nSPS) is 35.0. The zero-order chi connectivity index (χ0) is 17.2. The Balaban J connectivity index is 1.53.